The number of rotatable bonds is 3. The van der Waals surface area contributed by atoms with Gasteiger partial charge < -0.3 is 4.42 Å². The third kappa shape index (κ3) is 2.09. The summed E-state index contributed by atoms with van der Waals surface area (Å²) in [7, 11) is 0. The zero-order valence-electron chi connectivity index (χ0n) is 14.2. The molecule has 0 unspecified atom stereocenters. The Morgan fingerprint density at radius 3 is 2.50 bits per heavy atom. The van der Waals surface area contributed by atoms with Crippen LogP contribution in [-0.4, -0.2) is 0 Å². The van der Waals surface area contributed by atoms with Crippen molar-refractivity contribution in [3.05, 3.63) is 85.1 Å². The van der Waals surface area contributed by atoms with Crippen LogP contribution in [0.25, 0.3) is 54.4 Å². The lowest BCUT2D eigenvalue weighted by Gasteiger charge is -2.04. The van der Waals surface area contributed by atoms with Gasteiger partial charge in [0.05, 0.1) is 0 Å². The molecule has 0 N–H and O–H groups in total. The van der Waals surface area contributed by atoms with Crippen LogP contribution < -0.4 is 0 Å². The highest BCUT2D eigenvalue weighted by Gasteiger charge is 2.13. The molecule has 0 spiro atoms. The van der Waals surface area contributed by atoms with Gasteiger partial charge in [0.25, 0.3) is 0 Å². The van der Waals surface area contributed by atoms with E-state index >= 15 is 0 Å². The molecule has 0 atom stereocenters. The lowest BCUT2D eigenvalue weighted by atomic mass is 10.0. The Hall–Kier alpha value is -3.10. The maximum absolute atomic E-state index is 5.99. The maximum atomic E-state index is 5.99. The van der Waals surface area contributed by atoms with Crippen LogP contribution in [0.1, 0.15) is 11.3 Å². The van der Waals surface area contributed by atoms with Crippen molar-refractivity contribution < 1.29 is 4.42 Å². The fourth-order valence-electron chi connectivity index (χ4n) is 3.64. The number of hydrogen-bond acceptors (Lipinski definition) is 2. The molecule has 0 fully saturated rings. The molecule has 26 heavy (non-hydrogen) atoms. The number of thiophene rings is 1. The molecule has 2 aromatic heterocycles. The van der Waals surface area contributed by atoms with Crippen molar-refractivity contribution >= 4 is 54.6 Å². The van der Waals surface area contributed by atoms with Crippen LogP contribution in [0.2, 0.25) is 0 Å². The molecule has 5 aromatic rings. The second-order valence-electron chi connectivity index (χ2n) is 6.28. The number of fused-ring (bicyclic) bond motifs is 4. The Morgan fingerprint density at radius 1 is 0.808 bits per heavy atom. The van der Waals surface area contributed by atoms with Crippen LogP contribution in [0.4, 0.5) is 0 Å². The van der Waals surface area contributed by atoms with Gasteiger partial charge in [0, 0.05) is 31.1 Å². The summed E-state index contributed by atoms with van der Waals surface area (Å²) < 4.78 is 8.62. The number of benzene rings is 3. The lowest BCUT2D eigenvalue weighted by molar-refractivity contribution is 0.603. The molecule has 5 rings (SSSR count). The molecule has 0 saturated heterocycles. The molecule has 2 heteroatoms. The molecule has 1 nitrogen and oxygen atoms in total. The van der Waals surface area contributed by atoms with E-state index in [4.69, 9.17) is 4.42 Å². The molecule has 3 aromatic carbocycles. The molecule has 0 aliphatic carbocycles. The molecule has 0 saturated carbocycles. The highest BCUT2D eigenvalue weighted by Crippen LogP contribution is 2.40. The molecule has 0 aliphatic rings. The van der Waals surface area contributed by atoms with E-state index in [2.05, 4.69) is 73.8 Å². The summed E-state index contributed by atoms with van der Waals surface area (Å²) in [5.74, 6) is 0.771. The standard InChI is InChI=1S/C24H16OS/c1-3-16-18-13-12-15(14-22(18)25-21(16)4-2)17-9-7-10-20-19-8-5-6-11-23(19)26-24(17)20/h3-14H,1-2H2. The average molecular weight is 352 g/mol. The van der Waals surface area contributed by atoms with Crippen molar-refractivity contribution in [3.63, 3.8) is 0 Å². The molecule has 0 radical (unpaired) electrons. The van der Waals surface area contributed by atoms with E-state index in [0.717, 1.165) is 27.9 Å². The fourth-order valence-corrected chi connectivity index (χ4v) is 4.88. The van der Waals surface area contributed by atoms with E-state index in [1.54, 1.807) is 6.08 Å². The first-order valence-corrected chi connectivity index (χ1v) is 9.34. The summed E-state index contributed by atoms with van der Waals surface area (Å²) in [6.07, 6.45) is 3.57. The monoisotopic (exact) mass is 352 g/mol. The van der Waals surface area contributed by atoms with Gasteiger partial charge in [0.2, 0.25) is 0 Å². The molecular formula is C24H16OS. The van der Waals surface area contributed by atoms with Crippen molar-refractivity contribution in [1.82, 2.24) is 0 Å². The minimum atomic E-state index is 0.771. The van der Waals surface area contributed by atoms with E-state index in [1.807, 2.05) is 17.4 Å². The highest BCUT2D eigenvalue weighted by molar-refractivity contribution is 7.26. The minimum absolute atomic E-state index is 0.771. The largest absolute Gasteiger partial charge is 0.456 e. The van der Waals surface area contributed by atoms with Gasteiger partial charge in [0.15, 0.2) is 0 Å². The lowest BCUT2D eigenvalue weighted by Crippen LogP contribution is -1.78. The maximum Gasteiger partial charge on any atom is 0.136 e. The fraction of sp³-hybridized carbons (Fsp3) is 0. The predicted octanol–water partition coefficient (Wildman–Crippen LogP) is 7.75. The molecular weight excluding hydrogens is 336 g/mol. The Balaban J connectivity index is 1.79. The van der Waals surface area contributed by atoms with Gasteiger partial charge in [0.1, 0.15) is 11.3 Å². The van der Waals surface area contributed by atoms with Crippen LogP contribution in [0.3, 0.4) is 0 Å². The van der Waals surface area contributed by atoms with Crippen LogP contribution in [0, 0.1) is 0 Å². The first kappa shape index (κ1) is 15.2. The SMILES string of the molecule is C=Cc1oc2cc(-c3cccc4c3sc3ccccc34)ccc2c1C=C. The summed E-state index contributed by atoms with van der Waals surface area (Å²) in [5, 5.41) is 3.69. The normalized spacial score (nSPS) is 11.4. The first-order chi connectivity index (χ1) is 12.8. The summed E-state index contributed by atoms with van der Waals surface area (Å²) in [6.45, 7) is 7.74. The summed E-state index contributed by atoms with van der Waals surface area (Å²) in [4.78, 5) is 0. The molecule has 0 aliphatic heterocycles. The van der Waals surface area contributed by atoms with E-state index in [9.17, 15) is 0 Å². The predicted molar refractivity (Wildman–Crippen MR) is 115 cm³/mol. The van der Waals surface area contributed by atoms with Crippen molar-refractivity contribution in [1.29, 1.82) is 0 Å². The summed E-state index contributed by atoms with van der Waals surface area (Å²) in [5.41, 5.74) is 4.27. The first-order valence-electron chi connectivity index (χ1n) is 8.52. The topological polar surface area (TPSA) is 13.1 Å². The quantitative estimate of drug-likeness (QED) is 0.323. The van der Waals surface area contributed by atoms with Crippen LogP contribution >= 0.6 is 11.3 Å². The molecule has 124 valence electrons. The van der Waals surface area contributed by atoms with Crippen molar-refractivity contribution in [2.45, 2.75) is 0 Å². The van der Waals surface area contributed by atoms with Gasteiger partial charge in [-0.2, -0.15) is 0 Å². The van der Waals surface area contributed by atoms with Gasteiger partial charge in [-0.15, -0.1) is 11.3 Å². The molecule has 0 bridgehead atoms. The zero-order valence-corrected chi connectivity index (χ0v) is 15.0. The number of furan rings is 1. The van der Waals surface area contributed by atoms with E-state index in [1.165, 1.54) is 25.7 Å². The van der Waals surface area contributed by atoms with E-state index in [-0.39, 0.29) is 0 Å². The van der Waals surface area contributed by atoms with Gasteiger partial charge >= 0.3 is 0 Å². The smallest absolute Gasteiger partial charge is 0.136 e. The Kier molecular flexibility index (Phi) is 3.34. The van der Waals surface area contributed by atoms with Gasteiger partial charge in [-0.05, 0) is 35.4 Å². The highest BCUT2D eigenvalue weighted by atomic mass is 32.1. The minimum Gasteiger partial charge on any atom is -0.456 e. The van der Waals surface area contributed by atoms with E-state index < -0.39 is 0 Å². The Labute approximate surface area is 155 Å². The third-order valence-electron chi connectivity index (χ3n) is 4.86. The van der Waals surface area contributed by atoms with Crippen LogP contribution in [-0.2, 0) is 0 Å². The summed E-state index contributed by atoms with van der Waals surface area (Å²) >= 11 is 1.84. The second-order valence-corrected chi connectivity index (χ2v) is 7.33. The average Bonchev–Trinajstić information content (AvgIpc) is 3.24. The van der Waals surface area contributed by atoms with Crippen LogP contribution in [0.15, 0.2) is 78.2 Å². The number of hydrogen-bond donors (Lipinski definition) is 0. The zero-order chi connectivity index (χ0) is 17.7. The van der Waals surface area contributed by atoms with Crippen molar-refractivity contribution in [2.75, 3.05) is 0 Å². The Morgan fingerprint density at radius 2 is 1.65 bits per heavy atom. The third-order valence-corrected chi connectivity index (χ3v) is 6.08. The molecule has 0 amide bonds. The molecule has 2 heterocycles. The van der Waals surface area contributed by atoms with Crippen LogP contribution in [0.5, 0.6) is 0 Å². The Bertz CT molecular complexity index is 1320. The van der Waals surface area contributed by atoms with Crippen molar-refractivity contribution in [2.24, 2.45) is 0 Å². The van der Waals surface area contributed by atoms with Crippen molar-refractivity contribution in [3.8, 4) is 11.1 Å². The van der Waals surface area contributed by atoms with Gasteiger partial charge in [-0.3, -0.25) is 0 Å². The van der Waals surface area contributed by atoms with E-state index in [0.29, 0.717) is 0 Å². The van der Waals surface area contributed by atoms with Gasteiger partial charge in [-0.25, -0.2) is 0 Å². The van der Waals surface area contributed by atoms with Gasteiger partial charge in [-0.1, -0.05) is 61.7 Å². The summed E-state index contributed by atoms with van der Waals surface area (Å²) in [6, 6.07) is 21.5. The second kappa shape index (κ2) is 5.72.